The highest BCUT2D eigenvalue weighted by Gasteiger charge is 2.04. The van der Waals surface area contributed by atoms with Gasteiger partial charge in [0.1, 0.15) is 6.61 Å². The molecule has 0 aromatic heterocycles. The SMILES string of the molecule is Cc1ccc(NC(=O)OCc2ccccc2)cc1I. The van der Waals surface area contributed by atoms with Crippen LogP contribution in [0.2, 0.25) is 0 Å². The van der Waals surface area contributed by atoms with Gasteiger partial charge in [-0.3, -0.25) is 5.32 Å². The lowest BCUT2D eigenvalue weighted by Crippen LogP contribution is -2.13. The molecule has 0 unspecified atom stereocenters. The normalized spacial score (nSPS) is 10.0. The van der Waals surface area contributed by atoms with Gasteiger partial charge < -0.3 is 4.74 Å². The van der Waals surface area contributed by atoms with Crippen molar-refractivity contribution in [1.29, 1.82) is 0 Å². The molecule has 2 rings (SSSR count). The molecule has 0 atom stereocenters. The first-order valence-electron chi connectivity index (χ1n) is 5.89. The van der Waals surface area contributed by atoms with Crippen LogP contribution in [0.15, 0.2) is 48.5 Å². The number of rotatable bonds is 3. The molecule has 3 nitrogen and oxygen atoms in total. The molecule has 0 aliphatic heterocycles. The average molecular weight is 367 g/mol. The van der Waals surface area contributed by atoms with Gasteiger partial charge >= 0.3 is 6.09 Å². The van der Waals surface area contributed by atoms with Gasteiger partial charge in [-0.15, -0.1) is 0 Å². The highest BCUT2D eigenvalue weighted by atomic mass is 127. The van der Waals surface area contributed by atoms with Gasteiger partial charge in [-0.2, -0.15) is 0 Å². The van der Waals surface area contributed by atoms with Crippen molar-refractivity contribution < 1.29 is 9.53 Å². The Bertz CT molecular complexity index is 570. The lowest BCUT2D eigenvalue weighted by atomic mass is 10.2. The molecular formula is C15H14INO2. The zero-order chi connectivity index (χ0) is 13.7. The molecule has 0 radical (unpaired) electrons. The summed E-state index contributed by atoms with van der Waals surface area (Å²) in [6, 6.07) is 15.3. The van der Waals surface area contributed by atoms with Crippen molar-refractivity contribution in [1.82, 2.24) is 0 Å². The summed E-state index contributed by atoms with van der Waals surface area (Å²) in [5.41, 5.74) is 2.90. The third-order valence-electron chi connectivity index (χ3n) is 2.63. The van der Waals surface area contributed by atoms with Crippen LogP contribution in [-0.4, -0.2) is 6.09 Å². The minimum atomic E-state index is -0.441. The van der Waals surface area contributed by atoms with E-state index in [1.165, 1.54) is 5.56 Å². The first-order valence-corrected chi connectivity index (χ1v) is 6.97. The second-order valence-corrected chi connectivity index (χ2v) is 5.31. The van der Waals surface area contributed by atoms with Gasteiger partial charge in [-0.1, -0.05) is 36.4 Å². The molecule has 2 aromatic rings. The van der Waals surface area contributed by atoms with E-state index in [1.807, 2.05) is 55.5 Å². The Morgan fingerprint density at radius 2 is 1.95 bits per heavy atom. The third kappa shape index (κ3) is 4.24. The van der Waals surface area contributed by atoms with Gasteiger partial charge in [0.25, 0.3) is 0 Å². The Balaban J connectivity index is 1.89. The summed E-state index contributed by atoms with van der Waals surface area (Å²) in [6.07, 6.45) is -0.441. The maximum Gasteiger partial charge on any atom is 0.411 e. The fraction of sp³-hybridized carbons (Fsp3) is 0.133. The van der Waals surface area contributed by atoms with Crippen molar-refractivity contribution in [2.45, 2.75) is 13.5 Å². The van der Waals surface area contributed by atoms with Crippen molar-refractivity contribution in [3.8, 4) is 0 Å². The summed E-state index contributed by atoms with van der Waals surface area (Å²) >= 11 is 2.24. The number of hydrogen-bond acceptors (Lipinski definition) is 2. The van der Waals surface area contributed by atoms with E-state index in [9.17, 15) is 4.79 Å². The lowest BCUT2D eigenvalue weighted by Gasteiger charge is -2.08. The van der Waals surface area contributed by atoms with Crippen molar-refractivity contribution in [3.63, 3.8) is 0 Å². The van der Waals surface area contributed by atoms with Crippen LogP contribution in [0.1, 0.15) is 11.1 Å². The summed E-state index contributed by atoms with van der Waals surface area (Å²) in [4.78, 5) is 11.6. The molecule has 0 spiro atoms. The van der Waals surface area contributed by atoms with Crippen LogP contribution >= 0.6 is 22.6 Å². The summed E-state index contributed by atoms with van der Waals surface area (Å²) in [7, 11) is 0. The Morgan fingerprint density at radius 1 is 1.21 bits per heavy atom. The number of carbonyl (C=O) groups is 1. The second kappa shape index (κ2) is 6.56. The number of nitrogens with one attached hydrogen (secondary N) is 1. The molecule has 2 aromatic carbocycles. The predicted octanol–water partition coefficient (Wildman–Crippen LogP) is 4.35. The van der Waals surface area contributed by atoms with E-state index in [4.69, 9.17) is 4.74 Å². The van der Waals surface area contributed by atoms with E-state index < -0.39 is 6.09 Å². The van der Waals surface area contributed by atoms with Crippen molar-refractivity contribution in [3.05, 3.63) is 63.2 Å². The molecule has 0 aliphatic carbocycles. The van der Waals surface area contributed by atoms with Gasteiger partial charge in [-0.25, -0.2) is 4.79 Å². The molecule has 19 heavy (non-hydrogen) atoms. The third-order valence-corrected chi connectivity index (χ3v) is 3.79. The largest absolute Gasteiger partial charge is 0.444 e. The van der Waals surface area contributed by atoms with Gasteiger partial charge in [0.05, 0.1) is 0 Å². The highest BCUT2D eigenvalue weighted by molar-refractivity contribution is 14.1. The quantitative estimate of drug-likeness (QED) is 0.820. The Kier molecular flexibility index (Phi) is 4.79. The number of ether oxygens (including phenoxy) is 1. The molecule has 0 aliphatic rings. The molecule has 0 saturated carbocycles. The van der Waals surface area contributed by atoms with Crippen LogP contribution in [0.4, 0.5) is 10.5 Å². The van der Waals surface area contributed by atoms with Crippen LogP contribution in [0.3, 0.4) is 0 Å². The summed E-state index contributed by atoms with van der Waals surface area (Å²) in [5.74, 6) is 0. The van der Waals surface area contributed by atoms with E-state index in [2.05, 4.69) is 27.9 Å². The summed E-state index contributed by atoms with van der Waals surface area (Å²) in [5, 5.41) is 2.71. The Hall–Kier alpha value is -1.56. The van der Waals surface area contributed by atoms with Crippen LogP contribution in [0.5, 0.6) is 0 Å². The van der Waals surface area contributed by atoms with Gasteiger partial charge in [0, 0.05) is 9.26 Å². The first kappa shape index (κ1) is 13.9. The average Bonchev–Trinajstić information content (AvgIpc) is 2.42. The minimum Gasteiger partial charge on any atom is -0.444 e. The summed E-state index contributed by atoms with van der Waals surface area (Å²) in [6.45, 7) is 2.30. The molecule has 4 heteroatoms. The molecule has 0 saturated heterocycles. The Labute approximate surface area is 126 Å². The maximum atomic E-state index is 11.6. The fourth-order valence-corrected chi connectivity index (χ4v) is 2.06. The van der Waals surface area contributed by atoms with Gasteiger partial charge in [0.15, 0.2) is 0 Å². The topological polar surface area (TPSA) is 38.3 Å². The van der Waals surface area contributed by atoms with Crippen LogP contribution in [0, 0.1) is 10.5 Å². The first-order chi connectivity index (χ1) is 9.15. The lowest BCUT2D eigenvalue weighted by molar-refractivity contribution is 0.155. The summed E-state index contributed by atoms with van der Waals surface area (Å²) < 4.78 is 6.26. The second-order valence-electron chi connectivity index (χ2n) is 4.15. The molecule has 0 heterocycles. The molecule has 0 fully saturated rings. The van der Waals surface area contributed by atoms with E-state index in [-0.39, 0.29) is 6.61 Å². The molecule has 98 valence electrons. The van der Waals surface area contributed by atoms with E-state index in [1.54, 1.807) is 0 Å². The van der Waals surface area contributed by atoms with E-state index >= 15 is 0 Å². The fourth-order valence-electron chi connectivity index (χ4n) is 1.55. The number of carbonyl (C=O) groups excluding carboxylic acids is 1. The molecular weight excluding hydrogens is 353 g/mol. The van der Waals surface area contributed by atoms with Gasteiger partial charge in [-0.05, 0) is 52.8 Å². The maximum absolute atomic E-state index is 11.6. The van der Waals surface area contributed by atoms with E-state index in [0.29, 0.717) is 0 Å². The molecule has 1 N–H and O–H groups in total. The predicted molar refractivity (Wildman–Crippen MR) is 84.1 cm³/mol. The van der Waals surface area contributed by atoms with Crippen molar-refractivity contribution >= 4 is 34.4 Å². The van der Waals surface area contributed by atoms with Crippen molar-refractivity contribution in [2.75, 3.05) is 5.32 Å². The van der Waals surface area contributed by atoms with Crippen LogP contribution in [-0.2, 0) is 11.3 Å². The van der Waals surface area contributed by atoms with Crippen LogP contribution in [0.25, 0.3) is 0 Å². The zero-order valence-corrected chi connectivity index (χ0v) is 12.7. The molecule has 0 bridgehead atoms. The number of benzene rings is 2. The van der Waals surface area contributed by atoms with E-state index in [0.717, 1.165) is 14.8 Å². The number of anilines is 1. The standard InChI is InChI=1S/C15H14INO2/c1-11-7-8-13(9-14(11)16)17-15(18)19-10-12-5-3-2-4-6-12/h2-9H,10H2,1H3,(H,17,18). The number of hydrogen-bond donors (Lipinski definition) is 1. The number of aryl methyl sites for hydroxylation is 1. The number of amides is 1. The highest BCUT2D eigenvalue weighted by Crippen LogP contribution is 2.17. The minimum absolute atomic E-state index is 0.273. The van der Waals surface area contributed by atoms with Crippen LogP contribution < -0.4 is 5.32 Å². The monoisotopic (exact) mass is 367 g/mol. The van der Waals surface area contributed by atoms with Gasteiger partial charge in [0.2, 0.25) is 0 Å². The smallest absolute Gasteiger partial charge is 0.411 e. The van der Waals surface area contributed by atoms with Crippen molar-refractivity contribution in [2.24, 2.45) is 0 Å². The zero-order valence-electron chi connectivity index (χ0n) is 10.5. The number of halogens is 1. The molecule has 1 amide bonds. The Morgan fingerprint density at radius 3 is 2.63 bits per heavy atom.